The van der Waals surface area contributed by atoms with Crippen LogP contribution in [-0.4, -0.2) is 14.5 Å². The number of hydrogen-bond donors (Lipinski definition) is 0. The Bertz CT molecular complexity index is 1190. The second kappa shape index (κ2) is 9.45. The third-order valence-corrected chi connectivity index (χ3v) is 6.86. The number of aromatic nitrogens is 3. The lowest BCUT2D eigenvalue weighted by atomic mass is 9.88. The highest BCUT2D eigenvalue weighted by atomic mass is 79.9. The van der Waals surface area contributed by atoms with Gasteiger partial charge in [0.15, 0.2) is 0 Å². The van der Waals surface area contributed by atoms with Gasteiger partial charge in [-0.05, 0) is 61.2 Å². The highest BCUT2D eigenvalue weighted by Crippen LogP contribution is 2.35. The summed E-state index contributed by atoms with van der Waals surface area (Å²) < 4.78 is 9.62. The molecule has 0 spiro atoms. The maximum Gasteiger partial charge on any atom is 0.130 e. The lowest BCUT2D eigenvalue weighted by Crippen LogP contribution is -2.13. The topological polar surface area (TPSA) is 39.9 Å². The van der Waals surface area contributed by atoms with Crippen LogP contribution in [0.25, 0.3) is 11.0 Å². The number of ether oxygens (including phenoxy) is 1. The lowest BCUT2D eigenvalue weighted by Gasteiger charge is -2.22. The van der Waals surface area contributed by atoms with Gasteiger partial charge >= 0.3 is 0 Å². The minimum Gasteiger partial charge on any atom is -0.487 e. The lowest BCUT2D eigenvalue weighted by molar-refractivity contribution is 0.301. The Kier molecular flexibility index (Phi) is 6.26. The first kappa shape index (κ1) is 21.2. The molecule has 0 bridgehead atoms. The van der Waals surface area contributed by atoms with Crippen molar-refractivity contribution in [2.45, 2.75) is 58.1 Å². The predicted octanol–water partition coefficient (Wildman–Crippen LogP) is 7.18. The van der Waals surface area contributed by atoms with Crippen molar-refractivity contribution in [3.8, 4) is 5.75 Å². The summed E-state index contributed by atoms with van der Waals surface area (Å²) in [6, 6.07) is 18.9. The normalized spacial score (nSPS) is 14.7. The molecular formula is C27H28BrN3O. The Morgan fingerprint density at radius 1 is 1.00 bits per heavy atom. The maximum atomic E-state index is 6.11. The third-order valence-electron chi connectivity index (χ3n) is 6.33. The number of imidazole rings is 1. The monoisotopic (exact) mass is 489 g/mol. The fourth-order valence-corrected chi connectivity index (χ4v) is 4.83. The van der Waals surface area contributed by atoms with Crippen LogP contribution in [0.5, 0.6) is 5.75 Å². The van der Waals surface area contributed by atoms with Gasteiger partial charge in [0.25, 0.3) is 0 Å². The van der Waals surface area contributed by atoms with Crippen LogP contribution in [0.15, 0.2) is 65.3 Å². The van der Waals surface area contributed by atoms with Gasteiger partial charge in [0.2, 0.25) is 0 Å². The molecule has 1 aliphatic carbocycles. The number of nitrogens with zero attached hydrogens (tertiary/aromatic N) is 3. The molecule has 4 nitrogen and oxygen atoms in total. The van der Waals surface area contributed by atoms with Gasteiger partial charge in [0, 0.05) is 29.2 Å². The van der Waals surface area contributed by atoms with Crippen LogP contribution >= 0.6 is 15.9 Å². The molecule has 5 heteroatoms. The molecule has 1 saturated carbocycles. The first-order valence-corrected chi connectivity index (χ1v) is 12.2. The molecule has 164 valence electrons. The molecule has 32 heavy (non-hydrogen) atoms. The SMILES string of the molecule is Cc1ccc(COc2ccc3nc(C4CCCCC4)n(Cc4ccc(Br)cc4)c3c2)nc1. The standard InChI is InChI=1S/C27H28BrN3O/c1-19-7-12-23(29-16-19)18-32-24-13-14-25-26(15-24)31(17-20-8-10-22(28)11-9-20)27(30-25)21-5-3-2-4-6-21/h7-16,21H,2-6,17-18H2,1H3. The van der Waals surface area contributed by atoms with E-state index in [-0.39, 0.29) is 0 Å². The largest absolute Gasteiger partial charge is 0.487 e. The van der Waals surface area contributed by atoms with Crippen LogP contribution in [0.3, 0.4) is 0 Å². The Hall–Kier alpha value is -2.66. The smallest absolute Gasteiger partial charge is 0.130 e. The Labute approximate surface area is 197 Å². The molecule has 1 fully saturated rings. The predicted molar refractivity (Wildman–Crippen MR) is 132 cm³/mol. The van der Waals surface area contributed by atoms with E-state index in [1.165, 1.54) is 43.5 Å². The van der Waals surface area contributed by atoms with Crippen LogP contribution in [0, 0.1) is 6.92 Å². The molecule has 5 rings (SSSR count). The van der Waals surface area contributed by atoms with Crippen molar-refractivity contribution >= 4 is 27.0 Å². The van der Waals surface area contributed by atoms with Crippen molar-refractivity contribution in [3.05, 3.63) is 87.9 Å². The first-order valence-electron chi connectivity index (χ1n) is 11.4. The number of hydrogen-bond acceptors (Lipinski definition) is 3. The molecule has 0 saturated heterocycles. The van der Waals surface area contributed by atoms with Crippen LogP contribution in [-0.2, 0) is 13.2 Å². The summed E-state index contributed by atoms with van der Waals surface area (Å²) in [7, 11) is 0. The second-order valence-electron chi connectivity index (χ2n) is 8.78. The van der Waals surface area contributed by atoms with E-state index in [0.717, 1.165) is 39.1 Å². The zero-order valence-electron chi connectivity index (χ0n) is 18.4. The summed E-state index contributed by atoms with van der Waals surface area (Å²) in [4.78, 5) is 9.56. The van der Waals surface area contributed by atoms with E-state index >= 15 is 0 Å². The molecule has 2 heterocycles. The minimum atomic E-state index is 0.460. The highest BCUT2D eigenvalue weighted by molar-refractivity contribution is 9.10. The van der Waals surface area contributed by atoms with Gasteiger partial charge in [-0.15, -0.1) is 0 Å². The second-order valence-corrected chi connectivity index (χ2v) is 9.70. The van der Waals surface area contributed by atoms with Crippen molar-refractivity contribution in [2.24, 2.45) is 0 Å². The average molecular weight is 490 g/mol. The molecule has 0 unspecified atom stereocenters. The van der Waals surface area contributed by atoms with E-state index in [1.807, 2.05) is 25.3 Å². The molecule has 0 amide bonds. The van der Waals surface area contributed by atoms with E-state index in [0.29, 0.717) is 12.5 Å². The fraction of sp³-hybridized carbons (Fsp3) is 0.333. The molecule has 0 N–H and O–H groups in total. The molecule has 1 aliphatic rings. The molecule has 2 aromatic carbocycles. The summed E-state index contributed by atoms with van der Waals surface area (Å²) >= 11 is 3.55. The van der Waals surface area contributed by atoms with Gasteiger partial charge in [-0.3, -0.25) is 4.98 Å². The van der Waals surface area contributed by atoms with Gasteiger partial charge in [-0.25, -0.2) is 4.98 Å². The van der Waals surface area contributed by atoms with E-state index in [1.54, 1.807) is 0 Å². The van der Waals surface area contributed by atoms with Crippen molar-refractivity contribution in [3.63, 3.8) is 0 Å². The Balaban J connectivity index is 1.47. The summed E-state index contributed by atoms with van der Waals surface area (Å²) in [5.41, 5.74) is 5.55. The van der Waals surface area contributed by atoms with Gasteiger partial charge in [-0.2, -0.15) is 0 Å². The van der Waals surface area contributed by atoms with Gasteiger partial charge < -0.3 is 9.30 Å². The molecule has 2 aromatic heterocycles. The Morgan fingerprint density at radius 3 is 2.56 bits per heavy atom. The van der Waals surface area contributed by atoms with Crippen molar-refractivity contribution < 1.29 is 4.74 Å². The summed E-state index contributed by atoms with van der Waals surface area (Å²) in [6.45, 7) is 3.32. The quantitative estimate of drug-likeness (QED) is 0.288. The van der Waals surface area contributed by atoms with E-state index in [2.05, 4.69) is 67.9 Å². The van der Waals surface area contributed by atoms with Crippen LogP contribution < -0.4 is 4.74 Å². The zero-order valence-corrected chi connectivity index (χ0v) is 20.0. The summed E-state index contributed by atoms with van der Waals surface area (Å²) in [5.74, 6) is 2.61. The van der Waals surface area contributed by atoms with Crippen molar-refractivity contribution in [1.29, 1.82) is 0 Å². The van der Waals surface area contributed by atoms with Crippen molar-refractivity contribution in [2.75, 3.05) is 0 Å². The molecule has 4 aromatic rings. The zero-order chi connectivity index (χ0) is 21.9. The van der Waals surface area contributed by atoms with Gasteiger partial charge in [-0.1, -0.05) is 53.4 Å². The molecule has 0 aliphatic heterocycles. The number of aryl methyl sites for hydroxylation is 1. The van der Waals surface area contributed by atoms with Crippen LogP contribution in [0.1, 0.15) is 60.7 Å². The molecule has 0 radical (unpaired) electrons. The Morgan fingerprint density at radius 2 is 1.81 bits per heavy atom. The van der Waals surface area contributed by atoms with E-state index in [4.69, 9.17) is 9.72 Å². The maximum absolute atomic E-state index is 6.11. The minimum absolute atomic E-state index is 0.460. The number of pyridine rings is 1. The van der Waals surface area contributed by atoms with E-state index in [9.17, 15) is 0 Å². The summed E-state index contributed by atoms with van der Waals surface area (Å²) in [5, 5.41) is 0. The number of halogens is 1. The van der Waals surface area contributed by atoms with Gasteiger partial charge in [0.05, 0.1) is 16.7 Å². The molecular weight excluding hydrogens is 462 g/mol. The van der Waals surface area contributed by atoms with Crippen LogP contribution in [0.4, 0.5) is 0 Å². The number of fused-ring (bicyclic) bond motifs is 1. The summed E-state index contributed by atoms with van der Waals surface area (Å²) in [6.07, 6.45) is 8.27. The first-order chi connectivity index (χ1) is 15.7. The number of benzene rings is 2. The highest BCUT2D eigenvalue weighted by Gasteiger charge is 2.23. The fourth-order valence-electron chi connectivity index (χ4n) is 4.56. The third kappa shape index (κ3) is 4.73. The average Bonchev–Trinajstić information content (AvgIpc) is 3.18. The van der Waals surface area contributed by atoms with E-state index < -0.39 is 0 Å². The van der Waals surface area contributed by atoms with Gasteiger partial charge in [0.1, 0.15) is 18.2 Å². The van der Waals surface area contributed by atoms with Crippen molar-refractivity contribution in [1.82, 2.24) is 14.5 Å². The number of rotatable bonds is 6. The molecule has 0 atom stereocenters. The van der Waals surface area contributed by atoms with Crippen LogP contribution in [0.2, 0.25) is 0 Å².